The standard InChI is InChI=1S/C27H26Cl2N8O5/c1-31-32-15-37(30)23-10-7-18(28)12-17(23)6-11-24(38)34-21(14-25(39)41-2)22-13-20(26(29)36-35-22)16-4-8-19(9-5-16)33-27(40)42-3/h4-13,15,21H,1,14,30H2,2-3H3,(H,33,40)(H,34,38)/b11-6+,32-15-/t21-/m0/s1. The van der Waals surface area contributed by atoms with Gasteiger partial charge >= 0.3 is 12.1 Å². The fourth-order valence-electron chi connectivity index (χ4n) is 3.58. The van der Waals surface area contributed by atoms with E-state index >= 15 is 0 Å². The minimum Gasteiger partial charge on any atom is -0.469 e. The van der Waals surface area contributed by atoms with Gasteiger partial charge in [-0.3, -0.25) is 19.9 Å². The lowest BCUT2D eigenvalue weighted by Crippen LogP contribution is -2.30. The zero-order valence-electron chi connectivity index (χ0n) is 22.5. The van der Waals surface area contributed by atoms with E-state index in [-0.39, 0.29) is 17.3 Å². The molecule has 42 heavy (non-hydrogen) atoms. The molecule has 2 aromatic carbocycles. The maximum Gasteiger partial charge on any atom is 0.411 e. The third-order valence-electron chi connectivity index (χ3n) is 5.61. The number of halogens is 2. The van der Waals surface area contributed by atoms with Crippen molar-refractivity contribution < 1.29 is 23.9 Å². The van der Waals surface area contributed by atoms with Crippen LogP contribution in [-0.2, 0) is 19.1 Å². The van der Waals surface area contributed by atoms with Gasteiger partial charge in [0.05, 0.1) is 38.1 Å². The minimum absolute atomic E-state index is 0.0884. The number of carbonyl (C=O) groups excluding carboxylic acids is 3. The van der Waals surface area contributed by atoms with Crippen molar-refractivity contribution in [2.75, 3.05) is 24.5 Å². The van der Waals surface area contributed by atoms with Crippen LogP contribution in [0.15, 0.2) is 64.8 Å². The summed E-state index contributed by atoms with van der Waals surface area (Å²) >= 11 is 12.5. The monoisotopic (exact) mass is 612 g/mol. The SMILES string of the molecule is C=N/N=C\N(N)c1ccc(Cl)cc1/C=C/C(=O)N[C@@H](CC(=O)OC)c1cc(-c2ccc(NC(=O)OC)cc2)c(Cl)nn1. The van der Waals surface area contributed by atoms with E-state index in [1.54, 1.807) is 48.5 Å². The average molecular weight is 613 g/mol. The van der Waals surface area contributed by atoms with E-state index in [2.05, 4.69) is 42.5 Å². The summed E-state index contributed by atoms with van der Waals surface area (Å²) in [5.74, 6) is 4.84. The summed E-state index contributed by atoms with van der Waals surface area (Å²) in [5, 5.41) is 22.1. The van der Waals surface area contributed by atoms with E-state index in [0.29, 0.717) is 33.1 Å². The molecule has 1 aromatic heterocycles. The highest BCUT2D eigenvalue weighted by Crippen LogP contribution is 2.30. The Hall–Kier alpha value is -4.85. The number of hydrogen-bond acceptors (Lipinski definition) is 10. The minimum atomic E-state index is -0.922. The van der Waals surface area contributed by atoms with Gasteiger partial charge in [-0.25, -0.2) is 10.6 Å². The highest BCUT2D eigenvalue weighted by Gasteiger charge is 2.22. The van der Waals surface area contributed by atoms with Gasteiger partial charge < -0.3 is 14.8 Å². The Labute approximate surface area is 251 Å². The fraction of sp³-hybridized carbons (Fsp3) is 0.148. The van der Waals surface area contributed by atoms with Crippen LogP contribution in [0.1, 0.15) is 23.7 Å². The Kier molecular flexibility index (Phi) is 11.5. The van der Waals surface area contributed by atoms with Crippen molar-refractivity contribution in [3.8, 4) is 11.1 Å². The van der Waals surface area contributed by atoms with Gasteiger partial charge in [0.1, 0.15) is 6.34 Å². The predicted octanol–water partition coefficient (Wildman–Crippen LogP) is 4.39. The maximum absolute atomic E-state index is 13.0. The zero-order valence-corrected chi connectivity index (χ0v) is 24.0. The summed E-state index contributed by atoms with van der Waals surface area (Å²) < 4.78 is 9.40. The summed E-state index contributed by atoms with van der Waals surface area (Å²) in [5.41, 5.74) is 2.85. The van der Waals surface area contributed by atoms with Crippen molar-refractivity contribution in [3.05, 3.63) is 76.0 Å². The largest absolute Gasteiger partial charge is 0.469 e. The Morgan fingerprint density at radius 3 is 2.50 bits per heavy atom. The van der Waals surface area contributed by atoms with Crippen LogP contribution >= 0.6 is 23.2 Å². The molecule has 3 aromatic rings. The van der Waals surface area contributed by atoms with Gasteiger partial charge in [-0.05, 0) is 48.0 Å². The number of amides is 2. The third kappa shape index (κ3) is 8.83. The molecular formula is C27H26Cl2N8O5. The molecular weight excluding hydrogens is 587 g/mol. The quantitative estimate of drug-likeness (QED) is 0.0708. The van der Waals surface area contributed by atoms with Crippen molar-refractivity contribution in [3.63, 3.8) is 0 Å². The van der Waals surface area contributed by atoms with Gasteiger partial charge in [0.15, 0.2) is 5.15 Å². The molecule has 0 unspecified atom stereocenters. The van der Waals surface area contributed by atoms with Gasteiger partial charge in [-0.15, -0.1) is 10.2 Å². The topological polar surface area (TPSA) is 173 Å². The molecule has 0 saturated carbocycles. The summed E-state index contributed by atoms with van der Waals surface area (Å²) in [6.07, 6.45) is 3.12. The van der Waals surface area contributed by atoms with Crippen LogP contribution in [0.4, 0.5) is 16.2 Å². The van der Waals surface area contributed by atoms with Crippen LogP contribution in [0.2, 0.25) is 10.2 Å². The molecule has 0 fully saturated rings. The lowest BCUT2D eigenvalue weighted by Gasteiger charge is -2.17. The maximum atomic E-state index is 13.0. The average Bonchev–Trinajstić information content (AvgIpc) is 2.99. The molecule has 1 heterocycles. The first-order chi connectivity index (χ1) is 20.1. The first-order valence-corrected chi connectivity index (χ1v) is 12.8. The molecule has 3 rings (SSSR count). The molecule has 2 amide bonds. The smallest absolute Gasteiger partial charge is 0.411 e. The summed E-state index contributed by atoms with van der Waals surface area (Å²) in [4.78, 5) is 36.7. The molecule has 0 aliphatic heterocycles. The molecule has 218 valence electrons. The van der Waals surface area contributed by atoms with Crippen LogP contribution in [0.25, 0.3) is 17.2 Å². The lowest BCUT2D eigenvalue weighted by atomic mass is 10.0. The van der Waals surface area contributed by atoms with Crippen LogP contribution in [-0.4, -0.2) is 55.4 Å². The molecule has 0 radical (unpaired) electrons. The van der Waals surface area contributed by atoms with E-state index in [1.807, 2.05) is 0 Å². The van der Waals surface area contributed by atoms with Crippen LogP contribution < -0.4 is 21.5 Å². The number of nitrogens with zero attached hydrogens (tertiary/aromatic N) is 5. The van der Waals surface area contributed by atoms with Crippen molar-refractivity contribution in [1.29, 1.82) is 0 Å². The van der Waals surface area contributed by atoms with Crippen molar-refractivity contribution in [2.24, 2.45) is 16.0 Å². The van der Waals surface area contributed by atoms with Crippen LogP contribution in [0, 0.1) is 0 Å². The van der Waals surface area contributed by atoms with Crippen molar-refractivity contribution in [2.45, 2.75) is 12.5 Å². The van der Waals surface area contributed by atoms with Crippen molar-refractivity contribution in [1.82, 2.24) is 15.5 Å². The molecule has 0 aliphatic rings. The highest BCUT2D eigenvalue weighted by atomic mass is 35.5. The number of esters is 1. The Morgan fingerprint density at radius 1 is 1.10 bits per heavy atom. The van der Waals surface area contributed by atoms with Crippen molar-refractivity contribution >= 4 is 71.7 Å². The Bertz CT molecular complexity index is 1510. The summed E-state index contributed by atoms with van der Waals surface area (Å²) in [6.45, 7) is 3.26. The normalized spacial score (nSPS) is 11.6. The predicted molar refractivity (Wildman–Crippen MR) is 161 cm³/mol. The molecule has 0 bridgehead atoms. The number of nitrogens with two attached hydrogens (primary N) is 1. The Morgan fingerprint density at radius 2 is 1.83 bits per heavy atom. The molecule has 13 nitrogen and oxygen atoms in total. The number of nitrogens with one attached hydrogen (secondary N) is 2. The second-order valence-corrected chi connectivity index (χ2v) is 9.12. The molecule has 0 saturated heterocycles. The second-order valence-electron chi connectivity index (χ2n) is 8.33. The van der Waals surface area contributed by atoms with E-state index in [0.717, 1.165) is 0 Å². The van der Waals surface area contributed by atoms with E-state index in [4.69, 9.17) is 33.8 Å². The first kappa shape index (κ1) is 31.7. The van der Waals surface area contributed by atoms with Gasteiger partial charge in [-0.2, -0.15) is 10.2 Å². The third-order valence-corrected chi connectivity index (χ3v) is 6.12. The van der Waals surface area contributed by atoms with E-state index < -0.39 is 24.0 Å². The first-order valence-electron chi connectivity index (χ1n) is 12.0. The number of hydrazine groups is 1. The number of carbonyl (C=O) groups is 3. The van der Waals surface area contributed by atoms with Gasteiger partial charge in [0.2, 0.25) is 5.91 Å². The van der Waals surface area contributed by atoms with Gasteiger partial charge in [0, 0.05) is 34.6 Å². The number of aromatic nitrogens is 2. The van der Waals surface area contributed by atoms with Crippen LogP contribution in [0.3, 0.4) is 0 Å². The molecule has 4 N–H and O–H groups in total. The summed E-state index contributed by atoms with van der Waals surface area (Å²) in [6, 6.07) is 12.2. The Balaban J connectivity index is 1.88. The highest BCUT2D eigenvalue weighted by molar-refractivity contribution is 6.32. The lowest BCUT2D eigenvalue weighted by molar-refractivity contribution is -0.141. The van der Waals surface area contributed by atoms with Gasteiger partial charge in [0.25, 0.3) is 0 Å². The number of rotatable bonds is 11. The number of anilines is 2. The zero-order chi connectivity index (χ0) is 30.6. The molecule has 15 heteroatoms. The second kappa shape index (κ2) is 15.2. The number of hydrogen-bond donors (Lipinski definition) is 3. The van der Waals surface area contributed by atoms with E-state index in [9.17, 15) is 14.4 Å². The van der Waals surface area contributed by atoms with E-state index in [1.165, 1.54) is 37.7 Å². The molecule has 1 atom stereocenters. The number of methoxy groups -OCH3 is 2. The van der Waals surface area contributed by atoms with Gasteiger partial charge in [-0.1, -0.05) is 35.3 Å². The van der Waals surface area contributed by atoms with Crippen LogP contribution in [0.5, 0.6) is 0 Å². The fourth-order valence-corrected chi connectivity index (χ4v) is 3.96. The molecule has 0 aliphatic carbocycles. The summed E-state index contributed by atoms with van der Waals surface area (Å²) in [7, 11) is 2.49. The number of ether oxygens (including phenoxy) is 2. The number of benzene rings is 2. The molecule has 0 spiro atoms.